The van der Waals surface area contributed by atoms with Gasteiger partial charge in [0, 0.05) is 0 Å². The second-order valence-electron chi connectivity index (χ2n) is 2.58. The number of hydrogen-bond donors (Lipinski definition) is 1. The van der Waals surface area contributed by atoms with Crippen molar-refractivity contribution in [3.63, 3.8) is 0 Å². The van der Waals surface area contributed by atoms with E-state index in [2.05, 4.69) is 9.97 Å². The summed E-state index contributed by atoms with van der Waals surface area (Å²) in [5, 5.41) is 10.4. The highest BCUT2D eigenvalue weighted by molar-refractivity contribution is 6.34. The van der Waals surface area contributed by atoms with Gasteiger partial charge in [-0.05, 0) is 0 Å². The van der Waals surface area contributed by atoms with Crippen LogP contribution in [0.1, 0.15) is 13.8 Å². The standard InChI is InChI=1S/C7H3ClFN3O2.C2H6/c8-7-6-5(3(9)1-11-7)4(2-10-6)12(13)14;1-2/h1-2,10H;1-2H3. The fourth-order valence-electron chi connectivity index (χ4n) is 1.20. The van der Waals surface area contributed by atoms with Crippen LogP contribution in [-0.4, -0.2) is 14.9 Å². The van der Waals surface area contributed by atoms with E-state index >= 15 is 0 Å². The minimum Gasteiger partial charge on any atom is -0.353 e. The molecule has 1 N–H and O–H groups in total. The number of fused-ring (bicyclic) bond motifs is 1. The maximum Gasteiger partial charge on any atom is 0.297 e. The largest absolute Gasteiger partial charge is 0.353 e. The lowest BCUT2D eigenvalue weighted by molar-refractivity contribution is -0.383. The lowest BCUT2D eigenvalue weighted by Gasteiger charge is -1.93. The van der Waals surface area contributed by atoms with Gasteiger partial charge in [0.2, 0.25) is 0 Å². The molecule has 0 saturated carbocycles. The minimum atomic E-state index is -0.766. The van der Waals surface area contributed by atoms with Crippen molar-refractivity contribution in [2.45, 2.75) is 13.8 Å². The Labute approximate surface area is 95.4 Å². The molecule has 0 aliphatic heterocycles. The highest BCUT2D eigenvalue weighted by atomic mass is 35.5. The first-order chi connectivity index (χ1) is 7.61. The minimum absolute atomic E-state index is 0.00880. The Morgan fingerprint density at radius 1 is 1.56 bits per heavy atom. The molecule has 0 aromatic carbocycles. The van der Waals surface area contributed by atoms with Crippen LogP contribution >= 0.6 is 11.6 Å². The molecule has 7 heteroatoms. The van der Waals surface area contributed by atoms with E-state index in [1.165, 1.54) is 0 Å². The van der Waals surface area contributed by atoms with Gasteiger partial charge in [0.1, 0.15) is 5.39 Å². The molecule has 16 heavy (non-hydrogen) atoms. The van der Waals surface area contributed by atoms with Crippen LogP contribution in [0, 0.1) is 15.9 Å². The van der Waals surface area contributed by atoms with E-state index in [0.29, 0.717) is 0 Å². The lowest BCUT2D eigenvalue weighted by atomic mass is 10.3. The molecule has 0 unspecified atom stereocenters. The normalized spacial score (nSPS) is 9.75. The monoisotopic (exact) mass is 245 g/mol. The van der Waals surface area contributed by atoms with Gasteiger partial charge in [0.25, 0.3) is 5.69 Å². The van der Waals surface area contributed by atoms with Crippen LogP contribution in [0.15, 0.2) is 12.4 Å². The third-order valence-corrected chi connectivity index (χ3v) is 2.08. The number of rotatable bonds is 1. The van der Waals surface area contributed by atoms with Crippen LogP contribution in [0.3, 0.4) is 0 Å². The van der Waals surface area contributed by atoms with Crippen molar-refractivity contribution in [1.82, 2.24) is 9.97 Å². The Hall–Kier alpha value is -1.69. The number of H-pyrrole nitrogens is 1. The van der Waals surface area contributed by atoms with E-state index in [9.17, 15) is 14.5 Å². The molecule has 2 aromatic heterocycles. The van der Waals surface area contributed by atoms with Gasteiger partial charge in [-0.1, -0.05) is 25.4 Å². The predicted molar refractivity (Wildman–Crippen MR) is 59.1 cm³/mol. The Balaban J connectivity index is 0.000000606. The van der Waals surface area contributed by atoms with Crippen molar-refractivity contribution in [3.8, 4) is 0 Å². The van der Waals surface area contributed by atoms with E-state index in [1.54, 1.807) is 0 Å². The number of aromatic amines is 1. The Bertz CT molecular complexity index is 527. The van der Waals surface area contributed by atoms with E-state index in [1.807, 2.05) is 13.8 Å². The summed E-state index contributed by atoms with van der Waals surface area (Å²) >= 11 is 5.62. The molecule has 0 fully saturated rings. The van der Waals surface area contributed by atoms with Gasteiger partial charge in [-0.25, -0.2) is 9.37 Å². The summed E-state index contributed by atoms with van der Waals surface area (Å²) in [6.07, 6.45) is 1.94. The number of hydrogen-bond acceptors (Lipinski definition) is 3. The van der Waals surface area contributed by atoms with Crippen molar-refractivity contribution in [3.05, 3.63) is 33.5 Å². The lowest BCUT2D eigenvalue weighted by Crippen LogP contribution is -1.88. The van der Waals surface area contributed by atoms with E-state index in [-0.39, 0.29) is 21.7 Å². The predicted octanol–water partition coefficient (Wildman–Crippen LogP) is 3.29. The highest BCUT2D eigenvalue weighted by Crippen LogP contribution is 2.30. The van der Waals surface area contributed by atoms with Gasteiger partial charge in [-0.15, -0.1) is 0 Å². The van der Waals surface area contributed by atoms with Gasteiger partial charge < -0.3 is 4.98 Å². The molecular formula is C9H9ClFN3O2. The molecule has 0 radical (unpaired) electrons. The summed E-state index contributed by atoms with van der Waals surface area (Å²) in [6, 6.07) is 0. The molecule has 0 bridgehead atoms. The number of nitro groups is 1. The van der Waals surface area contributed by atoms with E-state index in [4.69, 9.17) is 11.6 Å². The second-order valence-corrected chi connectivity index (χ2v) is 2.94. The third kappa shape index (κ3) is 1.96. The zero-order valence-corrected chi connectivity index (χ0v) is 9.38. The van der Waals surface area contributed by atoms with E-state index < -0.39 is 10.7 Å². The molecule has 5 nitrogen and oxygen atoms in total. The first-order valence-corrected chi connectivity index (χ1v) is 4.94. The maximum absolute atomic E-state index is 13.2. The molecule has 2 rings (SSSR count). The van der Waals surface area contributed by atoms with Gasteiger partial charge in [0.15, 0.2) is 11.0 Å². The quantitative estimate of drug-likeness (QED) is 0.476. The molecule has 0 aliphatic rings. The summed E-state index contributed by atoms with van der Waals surface area (Å²) in [4.78, 5) is 15.8. The molecule has 86 valence electrons. The molecule has 2 heterocycles. The topological polar surface area (TPSA) is 71.8 Å². The van der Waals surface area contributed by atoms with Crippen molar-refractivity contribution in [1.29, 1.82) is 0 Å². The fraction of sp³-hybridized carbons (Fsp3) is 0.222. The van der Waals surface area contributed by atoms with Crippen LogP contribution in [0.2, 0.25) is 5.15 Å². The van der Waals surface area contributed by atoms with Crippen LogP contribution in [-0.2, 0) is 0 Å². The van der Waals surface area contributed by atoms with Crippen LogP contribution < -0.4 is 0 Å². The molecule has 0 aliphatic carbocycles. The third-order valence-electron chi connectivity index (χ3n) is 1.79. The Morgan fingerprint density at radius 2 is 2.19 bits per heavy atom. The first-order valence-electron chi connectivity index (χ1n) is 4.56. The average molecular weight is 246 g/mol. The van der Waals surface area contributed by atoms with Gasteiger partial charge in [-0.3, -0.25) is 10.1 Å². The molecule has 2 aromatic rings. The molecule has 0 atom stereocenters. The highest BCUT2D eigenvalue weighted by Gasteiger charge is 2.20. The molecule has 0 amide bonds. The number of nitrogens with zero attached hydrogens (tertiary/aromatic N) is 2. The van der Waals surface area contributed by atoms with Crippen molar-refractivity contribution in [2.24, 2.45) is 0 Å². The molecular weight excluding hydrogens is 237 g/mol. The van der Waals surface area contributed by atoms with Gasteiger partial charge >= 0.3 is 0 Å². The first kappa shape index (κ1) is 12.4. The van der Waals surface area contributed by atoms with Crippen molar-refractivity contribution in [2.75, 3.05) is 0 Å². The summed E-state index contributed by atoms with van der Waals surface area (Å²) in [5.74, 6) is -0.766. The zero-order valence-electron chi connectivity index (χ0n) is 8.62. The SMILES string of the molecule is CC.O=[N+]([O-])c1c[nH]c2c(Cl)ncc(F)c12. The summed E-state index contributed by atoms with van der Waals surface area (Å²) in [6.45, 7) is 4.00. The Kier molecular flexibility index (Phi) is 3.78. The molecule has 0 saturated heterocycles. The number of aromatic nitrogens is 2. The number of halogens is 2. The fourth-order valence-corrected chi connectivity index (χ4v) is 1.40. The average Bonchev–Trinajstić information content (AvgIpc) is 2.72. The second kappa shape index (κ2) is 4.89. The summed E-state index contributed by atoms with van der Waals surface area (Å²) in [7, 11) is 0. The Morgan fingerprint density at radius 3 is 2.75 bits per heavy atom. The number of nitrogens with one attached hydrogen (secondary N) is 1. The van der Waals surface area contributed by atoms with Crippen LogP contribution in [0.25, 0.3) is 10.9 Å². The van der Waals surface area contributed by atoms with Gasteiger partial charge in [-0.2, -0.15) is 0 Å². The summed E-state index contributed by atoms with van der Waals surface area (Å²) in [5.41, 5.74) is -0.208. The molecule has 0 spiro atoms. The summed E-state index contributed by atoms with van der Waals surface area (Å²) < 4.78 is 13.2. The zero-order chi connectivity index (χ0) is 12.3. The van der Waals surface area contributed by atoms with Crippen molar-refractivity contribution >= 4 is 28.2 Å². The smallest absolute Gasteiger partial charge is 0.297 e. The van der Waals surface area contributed by atoms with Gasteiger partial charge in [0.05, 0.1) is 22.8 Å². The maximum atomic E-state index is 13.2. The van der Waals surface area contributed by atoms with Crippen LogP contribution in [0.5, 0.6) is 0 Å². The number of pyridine rings is 1. The van der Waals surface area contributed by atoms with E-state index in [0.717, 1.165) is 12.4 Å². The van der Waals surface area contributed by atoms with Crippen molar-refractivity contribution < 1.29 is 9.31 Å². The van der Waals surface area contributed by atoms with Crippen LogP contribution in [0.4, 0.5) is 10.1 Å².